The van der Waals surface area contributed by atoms with Crippen LogP contribution < -0.4 is 16.3 Å². The molecule has 2 unspecified atom stereocenters. The highest BCUT2D eigenvalue weighted by atomic mass is 16.5. The van der Waals surface area contributed by atoms with Gasteiger partial charge in [0.15, 0.2) is 11.4 Å². The number of aliphatic hydroxyl groups is 1. The van der Waals surface area contributed by atoms with Crippen molar-refractivity contribution in [2.24, 2.45) is 16.7 Å². The van der Waals surface area contributed by atoms with Crippen LogP contribution in [0.4, 0.5) is 0 Å². The number of fused-ring (bicyclic) bond motifs is 3. The number of amidine groups is 1. The third kappa shape index (κ3) is 3.97. The molecule has 0 aliphatic carbocycles. The van der Waals surface area contributed by atoms with Gasteiger partial charge in [-0.05, 0) is 55.5 Å². The zero-order valence-electron chi connectivity index (χ0n) is 21.1. The summed E-state index contributed by atoms with van der Waals surface area (Å²) in [5.41, 5.74) is 9.41. The SMILES string of the molecule is CCCc1cc(C(=O)N2CCC(O)C2(C)C(=O)O)n2c1-c1cc(/C(N)=N/N(C)N)c(OC)cc1CC2. The molecule has 0 saturated carbocycles. The van der Waals surface area contributed by atoms with Crippen molar-refractivity contribution < 1.29 is 24.5 Å². The van der Waals surface area contributed by atoms with Gasteiger partial charge in [0.2, 0.25) is 0 Å². The normalized spacial score (nSPS) is 21.2. The molecule has 4 rings (SSSR count). The lowest BCUT2D eigenvalue weighted by atomic mass is 9.92. The molecule has 1 aromatic heterocycles. The zero-order chi connectivity index (χ0) is 26.4. The summed E-state index contributed by atoms with van der Waals surface area (Å²) in [4.78, 5) is 27.1. The van der Waals surface area contributed by atoms with Gasteiger partial charge in [0.1, 0.15) is 11.4 Å². The molecule has 1 aromatic carbocycles. The van der Waals surface area contributed by atoms with Gasteiger partial charge in [-0.1, -0.05) is 13.3 Å². The average Bonchev–Trinajstić information content (AvgIpc) is 3.35. The summed E-state index contributed by atoms with van der Waals surface area (Å²) in [5, 5.41) is 25.5. The molecule has 1 saturated heterocycles. The number of nitrogens with zero attached hydrogens (tertiary/aromatic N) is 4. The number of rotatable bonds is 7. The molecule has 3 heterocycles. The van der Waals surface area contributed by atoms with E-state index in [1.807, 2.05) is 22.8 Å². The van der Waals surface area contributed by atoms with Crippen LogP contribution in [0, 0.1) is 0 Å². The molecule has 0 bridgehead atoms. The molecule has 2 aliphatic heterocycles. The maximum absolute atomic E-state index is 13.8. The van der Waals surface area contributed by atoms with Crippen molar-refractivity contribution in [2.75, 3.05) is 20.7 Å². The molecule has 6 N–H and O–H groups in total. The fourth-order valence-corrected chi connectivity index (χ4v) is 5.32. The van der Waals surface area contributed by atoms with Gasteiger partial charge in [-0.2, -0.15) is 0 Å². The number of amides is 1. The first kappa shape index (κ1) is 25.5. The largest absolute Gasteiger partial charge is 0.496 e. The average molecular weight is 499 g/mol. The number of hydrazine groups is 1. The minimum absolute atomic E-state index is 0.171. The lowest BCUT2D eigenvalue weighted by molar-refractivity contribution is -0.151. The predicted molar refractivity (Wildman–Crippen MR) is 134 cm³/mol. The molecule has 1 fully saturated rings. The van der Waals surface area contributed by atoms with Gasteiger partial charge < -0.3 is 30.2 Å². The third-order valence-electron chi connectivity index (χ3n) is 7.25. The summed E-state index contributed by atoms with van der Waals surface area (Å²) in [6, 6.07) is 5.71. The van der Waals surface area contributed by atoms with E-state index in [-0.39, 0.29) is 18.8 Å². The van der Waals surface area contributed by atoms with Crippen molar-refractivity contribution >= 4 is 17.7 Å². The molecule has 0 radical (unpaired) electrons. The molecule has 36 heavy (non-hydrogen) atoms. The second-order valence-electron chi connectivity index (χ2n) is 9.54. The van der Waals surface area contributed by atoms with Crippen LogP contribution in [0.15, 0.2) is 23.3 Å². The first-order chi connectivity index (χ1) is 17.0. The summed E-state index contributed by atoms with van der Waals surface area (Å²) in [5.74, 6) is 4.82. The molecule has 2 atom stereocenters. The van der Waals surface area contributed by atoms with Crippen LogP contribution in [0.3, 0.4) is 0 Å². The smallest absolute Gasteiger partial charge is 0.332 e. The van der Waals surface area contributed by atoms with E-state index < -0.39 is 23.5 Å². The highest BCUT2D eigenvalue weighted by molar-refractivity contribution is 6.02. The Kier molecular flexibility index (Phi) is 6.72. The van der Waals surface area contributed by atoms with Crippen molar-refractivity contribution in [3.63, 3.8) is 0 Å². The van der Waals surface area contributed by atoms with E-state index in [1.54, 1.807) is 14.2 Å². The fraction of sp³-hybridized carbons (Fsp3) is 0.480. The molecule has 194 valence electrons. The maximum atomic E-state index is 13.8. The second-order valence-corrected chi connectivity index (χ2v) is 9.54. The van der Waals surface area contributed by atoms with E-state index in [0.717, 1.165) is 40.3 Å². The number of carbonyl (C=O) groups excluding carboxylic acids is 1. The number of likely N-dealkylation sites (tertiary alicyclic amines) is 1. The number of aliphatic hydroxyl groups excluding tert-OH is 1. The Hall–Kier alpha value is -3.57. The van der Waals surface area contributed by atoms with Gasteiger partial charge >= 0.3 is 5.97 Å². The van der Waals surface area contributed by atoms with E-state index in [1.165, 1.54) is 11.8 Å². The number of aliphatic carboxylic acids is 1. The molecule has 0 spiro atoms. The Balaban J connectivity index is 1.87. The quantitative estimate of drug-likeness (QED) is 0.191. The van der Waals surface area contributed by atoms with Crippen molar-refractivity contribution in [2.45, 2.75) is 57.7 Å². The van der Waals surface area contributed by atoms with Gasteiger partial charge in [0.25, 0.3) is 5.91 Å². The number of hydrogen-bond donors (Lipinski definition) is 4. The van der Waals surface area contributed by atoms with Crippen LogP contribution in [0.25, 0.3) is 11.3 Å². The predicted octanol–water partition coefficient (Wildman–Crippen LogP) is 1.15. The molecule has 1 amide bonds. The van der Waals surface area contributed by atoms with Crippen molar-refractivity contribution in [3.05, 3.63) is 40.6 Å². The van der Waals surface area contributed by atoms with Gasteiger partial charge in [0, 0.05) is 25.7 Å². The summed E-state index contributed by atoms with van der Waals surface area (Å²) in [7, 11) is 3.14. The van der Waals surface area contributed by atoms with Gasteiger partial charge in [-0.25, -0.2) is 15.8 Å². The topological polar surface area (TPSA) is 160 Å². The number of methoxy groups -OCH3 is 1. The number of hydrogen-bond acceptors (Lipinski definition) is 7. The van der Waals surface area contributed by atoms with E-state index >= 15 is 0 Å². The Morgan fingerprint density at radius 2 is 2.03 bits per heavy atom. The molecule has 2 aliphatic rings. The minimum Gasteiger partial charge on any atom is -0.496 e. The number of aryl methyl sites for hydroxylation is 2. The second kappa shape index (κ2) is 9.47. The molecule has 11 nitrogen and oxygen atoms in total. The van der Waals surface area contributed by atoms with Gasteiger partial charge in [-0.15, -0.1) is 5.10 Å². The van der Waals surface area contributed by atoms with Crippen LogP contribution in [0.1, 0.15) is 53.9 Å². The Labute approximate surface area is 209 Å². The summed E-state index contributed by atoms with van der Waals surface area (Å²) in [6.07, 6.45) is 1.32. The highest BCUT2D eigenvalue weighted by Gasteiger charge is 2.53. The summed E-state index contributed by atoms with van der Waals surface area (Å²) < 4.78 is 7.54. The highest BCUT2D eigenvalue weighted by Crippen LogP contribution is 2.40. The number of aromatic nitrogens is 1. The van der Waals surface area contributed by atoms with Crippen molar-refractivity contribution in [3.8, 4) is 17.0 Å². The number of nitrogens with two attached hydrogens (primary N) is 2. The minimum atomic E-state index is -1.68. The number of benzene rings is 1. The van der Waals surface area contributed by atoms with E-state index in [4.69, 9.17) is 16.3 Å². The summed E-state index contributed by atoms with van der Waals surface area (Å²) >= 11 is 0. The molecule has 2 aromatic rings. The van der Waals surface area contributed by atoms with Gasteiger partial charge in [0.05, 0.1) is 24.5 Å². The standard InChI is InChI=1S/C25H34N6O5/c1-5-6-15-11-18(23(33)31-10-8-20(32)25(31,2)24(34)35)30-9-7-14-12-19(36-4)17(13-16(14)21(15)30)22(26)28-29(3)27/h11-13,20,32H,5-10,27H2,1-4H3,(H2,26,28)(H,34,35). The van der Waals surface area contributed by atoms with Crippen molar-refractivity contribution in [1.29, 1.82) is 0 Å². The van der Waals surface area contributed by atoms with Crippen LogP contribution in [0.2, 0.25) is 0 Å². The van der Waals surface area contributed by atoms with Crippen LogP contribution >= 0.6 is 0 Å². The lowest BCUT2D eigenvalue weighted by Crippen LogP contribution is -2.56. The fourth-order valence-electron chi connectivity index (χ4n) is 5.32. The Morgan fingerprint density at radius 1 is 1.31 bits per heavy atom. The van der Waals surface area contributed by atoms with E-state index in [0.29, 0.717) is 30.0 Å². The molecular weight excluding hydrogens is 464 g/mol. The number of hydrazone groups is 1. The third-order valence-corrected chi connectivity index (χ3v) is 7.25. The number of carboxylic acids is 1. The van der Waals surface area contributed by atoms with E-state index in [2.05, 4.69) is 12.0 Å². The summed E-state index contributed by atoms with van der Waals surface area (Å²) in [6.45, 7) is 4.19. The van der Waals surface area contributed by atoms with Crippen LogP contribution in [-0.2, 0) is 24.2 Å². The first-order valence-corrected chi connectivity index (χ1v) is 12.0. The number of carboxylic acid groups (broad SMARTS) is 1. The van der Waals surface area contributed by atoms with Crippen molar-refractivity contribution in [1.82, 2.24) is 14.6 Å². The molecule has 11 heteroatoms. The van der Waals surface area contributed by atoms with Crippen LogP contribution in [0.5, 0.6) is 5.75 Å². The Bertz CT molecular complexity index is 1240. The number of carbonyl (C=O) groups is 2. The zero-order valence-corrected chi connectivity index (χ0v) is 21.1. The maximum Gasteiger partial charge on any atom is 0.332 e. The monoisotopic (exact) mass is 498 g/mol. The lowest BCUT2D eigenvalue weighted by Gasteiger charge is -2.33. The Morgan fingerprint density at radius 3 is 2.64 bits per heavy atom. The first-order valence-electron chi connectivity index (χ1n) is 12.0. The van der Waals surface area contributed by atoms with E-state index in [9.17, 15) is 19.8 Å². The number of ether oxygens (including phenoxy) is 1. The van der Waals surface area contributed by atoms with Gasteiger partial charge in [-0.3, -0.25) is 4.79 Å². The van der Waals surface area contributed by atoms with Crippen LogP contribution in [-0.4, -0.2) is 74.9 Å². The molecular formula is C25H34N6O5.